The van der Waals surface area contributed by atoms with Gasteiger partial charge in [-0.05, 0) is 6.07 Å². The number of nitrogens with two attached hydrogens (primary N) is 1. The molecule has 0 saturated carbocycles. The van der Waals surface area contributed by atoms with Crippen LogP contribution in [0.2, 0.25) is 0 Å². The lowest BCUT2D eigenvalue weighted by Gasteiger charge is -2.33. The number of aliphatic hydroxyl groups is 1. The van der Waals surface area contributed by atoms with Crippen molar-refractivity contribution in [2.45, 2.75) is 6.17 Å². The highest BCUT2D eigenvalue weighted by Gasteiger charge is 2.32. The van der Waals surface area contributed by atoms with Crippen molar-refractivity contribution in [3.05, 3.63) is 51.4 Å². The molecule has 0 aliphatic carbocycles. The smallest absolute Gasteiger partial charge is 0.273 e. The van der Waals surface area contributed by atoms with Gasteiger partial charge in [0.1, 0.15) is 35.0 Å². The van der Waals surface area contributed by atoms with Gasteiger partial charge in [-0.25, -0.2) is 13.8 Å². The Morgan fingerprint density at radius 2 is 2.12 bits per heavy atom. The molecule has 0 atom stereocenters. The van der Waals surface area contributed by atoms with Crippen molar-refractivity contribution in [3.8, 4) is 5.75 Å². The van der Waals surface area contributed by atoms with Crippen LogP contribution in [-0.2, 0) is 4.74 Å². The van der Waals surface area contributed by atoms with E-state index in [2.05, 4.69) is 4.98 Å². The predicted molar refractivity (Wildman–Crippen MR) is 115 cm³/mol. The SMILES string of the molecule is COCCOc1cc(N)c(C(=N)/C(O)=C/C(=N)c2nc(C(=O)N3CC(F)C3)cs2)cc1F. The van der Waals surface area contributed by atoms with E-state index in [1.165, 1.54) is 23.5 Å². The third-order valence-electron chi connectivity index (χ3n) is 4.53. The summed E-state index contributed by atoms with van der Waals surface area (Å²) in [4.78, 5) is 17.5. The monoisotopic (exact) mass is 465 g/mol. The fraction of sp³-hybridized carbons (Fsp3) is 0.300. The third kappa shape index (κ3) is 5.08. The number of carbonyl (C=O) groups excluding carboxylic acids is 1. The van der Waals surface area contributed by atoms with Crippen molar-refractivity contribution in [1.29, 1.82) is 10.8 Å². The van der Waals surface area contributed by atoms with Gasteiger partial charge in [-0.2, -0.15) is 0 Å². The molecule has 1 saturated heterocycles. The number of allylic oxidation sites excluding steroid dienone is 2. The second-order valence-electron chi connectivity index (χ2n) is 6.87. The highest BCUT2D eigenvalue weighted by molar-refractivity contribution is 7.12. The van der Waals surface area contributed by atoms with Crippen LogP contribution in [0, 0.1) is 16.6 Å². The Kier molecular flexibility index (Phi) is 7.15. The lowest BCUT2D eigenvalue weighted by atomic mass is 10.0. The number of nitrogens with one attached hydrogen (secondary N) is 2. The molecule has 5 N–H and O–H groups in total. The van der Waals surface area contributed by atoms with Crippen molar-refractivity contribution in [1.82, 2.24) is 9.88 Å². The first kappa shape index (κ1) is 23.3. The second kappa shape index (κ2) is 9.83. The number of nitrogens with zero attached hydrogens (tertiary/aromatic N) is 2. The minimum Gasteiger partial charge on any atom is -0.506 e. The van der Waals surface area contributed by atoms with Crippen molar-refractivity contribution in [3.63, 3.8) is 0 Å². The summed E-state index contributed by atoms with van der Waals surface area (Å²) < 4.78 is 37.3. The largest absolute Gasteiger partial charge is 0.506 e. The van der Waals surface area contributed by atoms with Crippen LogP contribution in [0.5, 0.6) is 5.75 Å². The number of likely N-dealkylation sites (tertiary alicyclic amines) is 1. The van der Waals surface area contributed by atoms with Gasteiger partial charge in [-0.3, -0.25) is 15.6 Å². The maximum atomic E-state index is 14.3. The fourth-order valence-corrected chi connectivity index (χ4v) is 3.50. The molecule has 2 aromatic rings. The minimum atomic E-state index is -1.04. The lowest BCUT2D eigenvalue weighted by Crippen LogP contribution is -2.51. The summed E-state index contributed by atoms with van der Waals surface area (Å²) >= 11 is 0.991. The molecule has 12 heteroatoms. The summed E-state index contributed by atoms with van der Waals surface area (Å²) in [5, 5.41) is 28.0. The highest BCUT2D eigenvalue weighted by Crippen LogP contribution is 2.26. The molecule has 1 aliphatic heterocycles. The molecule has 0 spiro atoms. The summed E-state index contributed by atoms with van der Waals surface area (Å²) in [5.41, 5.74) is 5.10. The van der Waals surface area contributed by atoms with Gasteiger partial charge in [0.2, 0.25) is 0 Å². The molecule has 2 heterocycles. The first-order valence-electron chi connectivity index (χ1n) is 9.39. The molecule has 0 radical (unpaired) electrons. The van der Waals surface area contributed by atoms with E-state index in [0.717, 1.165) is 23.5 Å². The number of ether oxygens (including phenoxy) is 2. The van der Waals surface area contributed by atoms with Gasteiger partial charge in [-0.15, -0.1) is 11.3 Å². The maximum Gasteiger partial charge on any atom is 0.273 e. The van der Waals surface area contributed by atoms with Gasteiger partial charge >= 0.3 is 0 Å². The van der Waals surface area contributed by atoms with Crippen LogP contribution in [0.1, 0.15) is 21.1 Å². The number of aromatic nitrogens is 1. The summed E-state index contributed by atoms with van der Waals surface area (Å²) in [6.45, 7) is 0.377. The number of anilines is 1. The number of rotatable bonds is 9. The van der Waals surface area contributed by atoms with E-state index in [4.69, 9.17) is 26.0 Å². The van der Waals surface area contributed by atoms with Gasteiger partial charge in [0, 0.05) is 35.9 Å². The summed E-state index contributed by atoms with van der Waals surface area (Å²) in [6, 6.07) is 2.16. The Hall–Kier alpha value is -3.38. The van der Waals surface area contributed by atoms with Crippen LogP contribution in [-0.4, -0.2) is 71.9 Å². The van der Waals surface area contributed by atoms with E-state index in [0.29, 0.717) is 0 Å². The number of carbonyl (C=O) groups is 1. The fourth-order valence-electron chi connectivity index (χ4n) is 2.79. The Morgan fingerprint density at radius 1 is 1.41 bits per heavy atom. The van der Waals surface area contributed by atoms with E-state index >= 15 is 0 Å². The Bertz CT molecular complexity index is 1080. The first-order chi connectivity index (χ1) is 15.2. The molecule has 9 nitrogen and oxygen atoms in total. The molecule has 0 bridgehead atoms. The van der Waals surface area contributed by atoms with Crippen molar-refractivity contribution in [2.75, 3.05) is 39.1 Å². The predicted octanol–water partition coefficient (Wildman–Crippen LogP) is 2.56. The number of amides is 1. The molecular weight excluding hydrogens is 444 g/mol. The number of hydrogen-bond donors (Lipinski definition) is 4. The van der Waals surface area contributed by atoms with Gasteiger partial charge < -0.3 is 25.2 Å². The molecule has 3 rings (SSSR count). The number of nitrogen functional groups attached to an aromatic ring is 1. The van der Waals surface area contributed by atoms with E-state index in [9.17, 15) is 18.7 Å². The molecule has 1 aliphatic rings. The number of halogens is 2. The number of aliphatic hydroxyl groups excluding tert-OH is 1. The van der Waals surface area contributed by atoms with Crippen LogP contribution in [0.3, 0.4) is 0 Å². The van der Waals surface area contributed by atoms with E-state index in [-0.39, 0.29) is 59.7 Å². The van der Waals surface area contributed by atoms with Gasteiger partial charge in [0.05, 0.1) is 25.4 Å². The van der Waals surface area contributed by atoms with Crippen LogP contribution in [0.25, 0.3) is 0 Å². The van der Waals surface area contributed by atoms with Gasteiger partial charge in [0.15, 0.2) is 11.6 Å². The molecule has 1 aromatic heterocycles. The van der Waals surface area contributed by atoms with E-state index in [1.807, 2.05) is 0 Å². The topological polar surface area (TPSA) is 146 Å². The average molecular weight is 465 g/mol. The first-order valence-corrected chi connectivity index (χ1v) is 10.3. The van der Waals surface area contributed by atoms with Crippen LogP contribution < -0.4 is 10.5 Å². The number of alkyl halides is 1. The number of thiazole rings is 1. The minimum absolute atomic E-state index is 0.00172. The van der Waals surface area contributed by atoms with Crippen LogP contribution >= 0.6 is 11.3 Å². The normalized spacial score (nSPS) is 14.2. The molecule has 1 aromatic carbocycles. The van der Waals surface area contributed by atoms with Gasteiger partial charge in [0.25, 0.3) is 5.91 Å². The van der Waals surface area contributed by atoms with Gasteiger partial charge in [-0.1, -0.05) is 0 Å². The number of hydrogen-bond acceptors (Lipinski definition) is 9. The number of benzene rings is 1. The Labute approximate surface area is 186 Å². The van der Waals surface area contributed by atoms with Crippen LogP contribution in [0.15, 0.2) is 29.3 Å². The van der Waals surface area contributed by atoms with Crippen LogP contribution in [0.4, 0.5) is 14.5 Å². The van der Waals surface area contributed by atoms with Crippen molar-refractivity contribution >= 4 is 34.4 Å². The number of methoxy groups -OCH3 is 1. The molecular formula is C20H21F2N5O4S. The summed E-state index contributed by atoms with van der Waals surface area (Å²) in [6.07, 6.45) is -0.0821. The molecule has 0 unspecified atom stereocenters. The Morgan fingerprint density at radius 3 is 2.78 bits per heavy atom. The zero-order valence-electron chi connectivity index (χ0n) is 17.0. The Balaban J connectivity index is 1.71. The lowest BCUT2D eigenvalue weighted by molar-refractivity contribution is 0.0395. The summed E-state index contributed by atoms with van der Waals surface area (Å²) in [7, 11) is 1.47. The van der Waals surface area contributed by atoms with Crippen molar-refractivity contribution < 1.29 is 28.2 Å². The zero-order valence-corrected chi connectivity index (χ0v) is 17.8. The molecule has 170 valence electrons. The van der Waals surface area contributed by atoms with Crippen molar-refractivity contribution in [2.24, 2.45) is 0 Å². The molecule has 32 heavy (non-hydrogen) atoms. The summed E-state index contributed by atoms with van der Waals surface area (Å²) in [5.74, 6) is -1.97. The third-order valence-corrected chi connectivity index (χ3v) is 5.41. The highest BCUT2D eigenvalue weighted by atomic mass is 32.1. The zero-order chi connectivity index (χ0) is 23.4. The maximum absolute atomic E-state index is 14.3. The van der Waals surface area contributed by atoms with E-state index in [1.54, 1.807) is 0 Å². The second-order valence-corrected chi connectivity index (χ2v) is 7.73. The average Bonchev–Trinajstić information content (AvgIpc) is 3.23. The standard InChI is InChI=1S/C20H21F2N5O4S/c1-30-2-3-31-17-6-13(23)11(4-12(17)22)18(25)16(28)5-14(24)19-26-15(9-32-19)20(29)27-7-10(21)8-27/h4-6,9-10,24-25,28H,2-3,7-8,23H2,1H3/b16-5-,24-14?,25-18?. The molecule has 1 amide bonds. The van der Waals surface area contributed by atoms with E-state index < -0.39 is 29.4 Å². The molecule has 1 fully saturated rings. The quantitative estimate of drug-likeness (QED) is 0.194.